The molecule has 31 heavy (non-hydrogen) atoms. The van der Waals surface area contributed by atoms with E-state index in [4.69, 9.17) is 11.6 Å². The van der Waals surface area contributed by atoms with E-state index >= 15 is 0 Å². The molecule has 0 spiro atoms. The van der Waals surface area contributed by atoms with Crippen LogP contribution in [0, 0.1) is 5.82 Å². The SMILES string of the molecule is CCN(CC)c1ccc(-c2nnc(SCC(=O)Nc3cc(Cl)ccc3F)n2CC)cc1. The topological polar surface area (TPSA) is 63.1 Å². The number of amides is 1. The number of halogens is 2. The first-order chi connectivity index (χ1) is 15.0. The van der Waals surface area contributed by atoms with Crippen molar-refractivity contribution < 1.29 is 9.18 Å². The van der Waals surface area contributed by atoms with E-state index in [1.54, 1.807) is 0 Å². The van der Waals surface area contributed by atoms with E-state index in [0.717, 1.165) is 30.2 Å². The van der Waals surface area contributed by atoms with E-state index < -0.39 is 5.82 Å². The highest BCUT2D eigenvalue weighted by Gasteiger charge is 2.16. The van der Waals surface area contributed by atoms with Gasteiger partial charge in [0, 0.05) is 35.9 Å². The van der Waals surface area contributed by atoms with Crippen LogP contribution in [0.1, 0.15) is 20.8 Å². The van der Waals surface area contributed by atoms with Crippen LogP contribution in [0.25, 0.3) is 11.4 Å². The van der Waals surface area contributed by atoms with Gasteiger partial charge in [-0.1, -0.05) is 23.4 Å². The van der Waals surface area contributed by atoms with Crippen molar-refractivity contribution in [1.82, 2.24) is 14.8 Å². The number of anilines is 2. The summed E-state index contributed by atoms with van der Waals surface area (Å²) in [6.07, 6.45) is 0. The zero-order chi connectivity index (χ0) is 22.4. The van der Waals surface area contributed by atoms with Gasteiger partial charge in [-0.25, -0.2) is 4.39 Å². The average Bonchev–Trinajstić information content (AvgIpc) is 3.19. The Morgan fingerprint density at radius 1 is 1.13 bits per heavy atom. The number of rotatable bonds is 9. The molecule has 0 aliphatic carbocycles. The third-order valence-corrected chi connectivity index (χ3v) is 6.02. The molecule has 1 amide bonds. The lowest BCUT2D eigenvalue weighted by molar-refractivity contribution is -0.113. The second-order valence-electron chi connectivity index (χ2n) is 6.73. The first-order valence-corrected chi connectivity index (χ1v) is 11.5. The van der Waals surface area contributed by atoms with Crippen molar-refractivity contribution in [2.24, 2.45) is 0 Å². The third kappa shape index (κ3) is 5.57. The second-order valence-corrected chi connectivity index (χ2v) is 8.11. The fourth-order valence-corrected chi connectivity index (χ4v) is 4.19. The van der Waals surface area contributed by atoms with Gasteiger partial charge in [-0.2, -0.15) is 0 Å². The number of carbonyl (C=O) groups is 1. The summed E-state index contributed by atoms with van der Waals surface area (Å²) in [5.41, 5.74) is 2.18. The van der Waals surface area contributed by atoms with E-state index in [9.17, 15) is 9.18 Å². The maximum Gasteiger partial charge on any atom is 0.234 e. The van der Waals surface area contributed by atoms with Crippen LogP contribution in [0.2, 0.25) is 5.02 Å². The number of nitrogens with one attached hydrogen (secondary N) is 1. The first-order valence-electron chi connectivity index (χ1n) is 10.1. The van der Waals surface area contributed by atoms with E-state index in [1.165, 1.54) is 30.0 Å². The van der Waals surface area contributed by atoms with Gasteiger partial charge < -0.3 is 14.8 Å². The molecule has 164 valence electrons. The normalized spacial score (nSPS) is 10.9. The molecule has 0 saturated carbocycles. The van der Waals surface area contributed by atoms with Crippen molar-refractivity contribution in [1.29, 1.82) is 0 Å². The molecule has 0 aliphatic rings. The van der Waals surface area contributed by atoms with Crippen molar-refractivity contribution in [2.75, 3.05) is 29.1 Å². The average molecular weight is 462 g/mol. The minimum atomic E-state index is -0.532. The molecule has 1 heterocycles. The van der Waals surface area contributed by atoms with Gasteiger partial charge in [0.1, 0.15) is 5.82 Å². The van der Waals surface area contributed by atoms with Gasteiger partial charge in [0.2, 0.25) is 5.91 Å². The van der Waals surface area contributed by atoms with Gasteiger partial charge in [-0.15, -0.1) is 10.2 Å². The standard InChI is InChI=1S/C22H25ClFN5OS/c1-4-28(5-2)17-10-7-15(8-11-17)21-26-27-22(29(21)6-3)31-14-20(30)25-19-13-16(23)9-12-18(19)24/h7-13H,4-6,14H2,1-3H3,(H,25,30). The van der Waals surface area contributed by atoms with E-state index in [0.29, 0.717) is 16.7 Å². The molecule has 3 aromatic rings. The van der Waals surface area contributed by atoms with Crippen molar-refractivity contribution in [3.05, 3.63) is 53.3 Å². The summed E-state index contributed by atoms with van der Waals surface area (Å²) < 4.78 is 15.8. The van der Waals surface area contributed by atoms with Crippen LogP contribution in [0.5, 0.6) is 0 Å². The Bertz CT molecular complexity index is 1040. The molecule has 3 rings (SSSR count). The lowest BCUT2D eigenvalue weighted by Crippen LogP contribution is -2.21. The Morgan fingerprint density at radius 2 is 1.84 bits per heavy atom. The molecule has 0 radical (unpaired) electrons. The highest BCUT2D eigenvalue weighted by atomic mass is 35.5. The Morgan fingerprint density at radius 3 is 2.48 bits per heavy atom. The highest BCUT2D eigenvalue weighted by Crippen LogP contribution is 2.26. The van der Waals surface area contributed by atoms with Gasteiger partial charge in [0.15, 0.2) is 11.0 Å². The molecule has 0 saturated heterocycles. The summed E-state index contributed by atoms with van der Waals surface area (Å²) in [4.78, 5) is 14.6. The number of hydrogen-bond donors (Lipinski definition) is 1. The monoisotopic (exact) mass is 461 g/mol. The number of carbonyl (C=O) groups excluding carboxylic acids is 1. The van der Waals surface area contributed by atoms with E-state index in [1.807, 2.05) is 23.6 Å². The molecule has 0 bridgehead atoms. The maximum absolute atomic E-state index is 13.8. The fourth-order valence-electron chi connectivity index (χ4n) is 3.21. The number of benzene rings is 2. The van der Waals surface area contributed by atoms with Gasteiger partial charge in [-0.05, 0) is 63.2 Å². The minimum Gasteiger partial charge on any atom is -0.372 e. The highest BCUT2D eigenvalue weighted by molar-refractivity contribution is 7.99. The lowest BCUT2D eigenvalue weighted by Gasteiger charge is -2.21. The van der Waals surface area contributed by atoms with Crippen molar-refractivity contribution in [2.45, 2.75) is 32.5 Å². The molecule has 0 unspecified atom stereocenters. The van der Waals surface area contributed by atoms with Gasteiger partial charge in [0.25, 0.3) is 0 Å². The molecule has 0 fully saturated rings. The molecule has 0 atom stereocenters. The van der Waals surface area contributed by atoms with Crippen LogP contribution in [0.4, 0.5) is 15.8 Å². The number of nitrogens with zero attached hydrogens (tertiary/aromatic N) is 4. The molecule has 1 N–H and O–H groups in total. The van der Waals surface area contributed by atoms with Crippen LogP contribution in [-0.4, -0.2) is 39.5 Å². The van der Waals surface area contributed by atoms with Gasteiger partial charge in [0.05, 0.1) is 11.4 Å². The van der Waals surface area contributed by atoms with Gasteiger partial charge in [-0.3, -0.25) is 4.79 Å². The predicted molar refractivity (Wildman–Crippen MR) is 125 cm³/mol. The summed E-state index contributed by atoms with van der Waals surface area (Å²) in [6, 6.07) is 12.3. The Kier molecular flexibility index (Phi) is 7.92. The fraction of sp³-hybridized carbons (Fsp3) is 0.318. The number of hydrogen-bond acceptors (Lipinski definition) is 5. The lowest BCUT2D eigenvalue weighted by atomic mass is 10.2. The minimum absolute atomic E-state index is 0.0593. The third-order valence-electron chi connectivity index (χ3n) is 4.82. The Hall–Kier alpha value is -2.58. The largest absolute Gasteiger partial charge is 0.372 e. The molecular weight excluding hydrogens is 437 g/mol. The quantitative estimate of drug-likeness (QED) is 0.436. The summed E-state index contributed by atoms with van der Waals surface area (Å²) in [5, 5.41) is 12.1. The summed E-state index contributed by atoms with van der Waals surface area (Å²) in [7, 11) is 0. The van der Waals surface area contributed by atoms with E-state index in [2.05, 4.69) is 46.4 Å². The van der Waals surface area contributed by atoms with E-state index in [-0.39, 0.29) is 17.3 Å². The maximum atomic E-state index is 13.8. The summed E-state index contributed by atoms with van der Waals surface area (Å²) in [6.45, 7) is 8.82. The van der Waals surface area contributed by atoms with Crippen LogP contribution < -0.4 is 10.2 Å². The second kappa shape index (κ2) is 10.6. The van der Waals surface area contributed by atoms with Crippen molar-refractivity contribution in [3.63, 3.8) is 0 Å². The van der Waals surface area contributed by atoms with Gasteiger partial charge >= 0.3 is 0 Å². The van der Waals surface area contributed by atoms with Crippen LogP contribution in [0.3, 0.4) is 0 Å². The number of aromatic nitrogens is 3. The zero-order valence-corrected chi connectivity index (χ0v) is 19.3. The Labute approximate surface area is 190 Å². The van der Waals surface area contributed by atoms with Crippen molar-refractivity contribution in [3.8, 4) is 11.4 Å². The molecule has 1 aromatic heterocycles. The summed E-state index contributed by atoms with van der Waals surface area (Å²) >= 11 is 7.12. The van der Waals surface area contributed by atoms with Crippen LogP contribution in [0.15, 0.2) is 47.6 Å². The molecular formula is C22H25ClFN5OS. The molecule has 0 aliphatic heterocycles. The van der Waals surface area contributed by atoms with Crippen LogP contribution in [-0.2, 0) is 11.3 Å². The molecule has 9 heteroatoms. The van der Waals surface area contributed by atoms with Crippen molar-refractivity contribution >= 4 is 40.6 Å². The predicted octanol–water partition coefficient (Wildman–Crippen LogP) is 5.33. The molecule has 2 aromatic carbocycles. The number of thioether (sulfide) groups is 1. The zero-order valence-electron chi connectivity index (χ0n) is 17.7. The molecule has 6 nitrogen and oxygen atoms in total. The first kappa shape index (κ1) is 23.1. The smallest absolute Gasteiger partial charge is 0.234 e. The Balaban J connectivity index is 1.70. The van der Waals surface area contributed by atoms with Crippen LogP contribution >= 0.6 is 23.4 Å². The summed E-state index contributed by atoms with van der Waals surface area (Å²) in [5.74, 6) is -0.0559.